The minimum Gasteiger partial charge on any atom is -0.0843 e. The molecule has 0 N–H and O–H groups in total. The molecule has 0 bridgehead atoms. The van der Waals surface area contributed by atoms with Gasteiger partial charge in [-0.15, -0.1) is 0 Å². The molecule has 0 nitrogen and oxygen atoms in total. The van der Waals surface area contributed by atoms with Gasteiger partial charge in [0.05, 0.1) is 0 Å². The van der Waals surface area contributed by atoms with E-state index in [9.17, 15) is 0 Å². The standard InChI is InChI=1S/C15H14BrCl/c1-11-5-2-3-8-14(11)15(16)10-12-6-4-7-13(17)9-12/h2-9,15H,10H2,1H3. The third-order valence-electron chi connectivity index (χ3n) is 2.83. The Labute approximate surface area is 116 Å². The molecule has 0 saturated carbocycles. The highest BCUT2D eigenvalue weighted by Crippen LogP contribution is 2.29. The molecule has 0 heterocycles. The Morgan fingerprint density at radius 1 is 1.12 bits per heavy atom. The van der Waals surface area contributed by atoms with E-state index in [1.165, 1.54) is 16.7 Å². The van der Waals surface area contributed by atoms with Gasteiger partial charge in [0.1, 0.15) is 0 Å². The van der Waals surface area contributed by atoms with Gasteiger partial charge in [0.2, 0.25) is 0 Å². The second-order valence-electron chi connectivity index (χ2n) is 4.16. The maximum Gasteiger partial charge on any atom is 0.0438 e. The molecule has 2 heteroatoms. The highest BCUT2D eigenvalue weighted by Gasteiger charge is 2.10. The maximum absolute atomic E-state index is 5.99. The van der Waals surface area contributed by atoms with Crippen LogP contribution in [0.25, 0.3) is 0 Å². The molecule has 2 aromatic rings. The molecule has 2 aromatic carbocycles. The molecule has 0 aliphatic carbocycles. The van der Waals surface area contributed by atoms with Gasteiger partial charge >= 0.3 is 0 Å². The third-order valence-corrected chi connectivity index (χ3v) is 3.88. The van der Waals surface area contributed by atoms with E-state index in [0.717, 1.165) is 11.4 Å². The summed E-state index contributed by atoms with van der Waals surface area (Å²) in [7, 11) is 0. The van der Waals surface area contributed by atoms with Gasteiger partial charge in [-0.05, 0) is 42.2 Å². The number of rotatable bonds is 3. The van der Waals surface area contributed by atoms with Crippen LogP contribution in [0.15, 0.2) is 48.5 Å². The Hall–Kier alpha value is -0.790. The van der Waals surface area contributed by atoms with Crippen molar-refractivity contribution in [2.24, 2.45) is 0 Å². The predicted octanol–water partition coefficient (Wildman–Crippen LogP) is 5.33. The van der Waals surface area contributed by atoms with Crippen molar-refractivity contribution in [2.45, 2.75) is 18.2 Å². The zero-order chi connectivity index (χ0) is 12.3. The summed E-state index contributed by atoms with van der Waals surface area (Å²) in [6.07, 6.45) is 0.950. The van der Waals surface area contributed by atoms with E-state index < -0.39 is 0 Å². The maximum atomic E-state index is 5.99. The molecule has 0 saturated heterocycles. The highest BCUT2D eigenvalue weighted by molar-refractivity contribution is 9.09. The lowest BCUT2D eigenvalue weighted by molar-refractivity contribution is 0.938. The zero-order valence-corrected chi connectivity index (χ0v) is 12.0. The smallest absolute Gasteiger partial charge is 0.0438 e. The van der Waals surface area contributed by atoms with Crippen LogP contribution >= 0.6 is 27.5 Å². The quantitative estimate of drug-likeness (QED) is 0.672. The van der Waals surface area contributed by atoms with Crippen LogP contribution in [-0.4, -0.2) is 0 Å². The molecule has 0 spiro atoms. The first kappa shape index (κ1) is 12.7. The van der Waals surface area contributed by atoms with Gasteiger partial charge in [-0.2, -0.15) is 0 Å². The number of benzene rings is 2. The van der Waals surface area contributed by atoms with E-state index in [4.69, 9.17) is 11.6 Å². The molecule has 1 atom stereocenters. The summed E-state index contributed by atoms with van der Waals surface area (Å²) in [5.74, 6) is 0. The van der Waals surface area contributed by atoms with E-state index >= 15 is 0 Å². The summed E-state index contributed by atoms with van der Waals surface area (Å²) < 4.78 is 0. The van der Waals surface area contributed by atoms with Crippen molar-refractivity contribution >= 4 is 27.5 Å². The molecule has 0 aromatic heterocycles. The monoisotopic (exact) mass is 308 g/mol. The van der Waals surface area contributed by atoms with Gasteiger partial charge in [0.25, 0.3) is 0 Å². The predicted molar refractivity (Wildman–Crippen MR) is 78.0 cm³/mol. The topological polar surface area (TPSA) is 0 Å². The second kappa shape index (κ2) is 5.70. The zero-order valence-electron chi connectivity index (χ0n) is 9.66. The fraction of sp³-hybridized carbons (Fsp3) is 0.200. The first-order valence-electron chi connectivity index (χ1n) is 5.61. The summed E-state index contributed by atoms with van der Waals surface area (Å²) in [4.78, 5) is 0.335. The van der Waals surface area contributed by atoms with Crippen LogP contribution in [0.4, 0.5) is 0 Å². The molecule has 0 amide bonds. The van der Waals surface area contributed by atoms with Crippen LogP contribution < -0.4 is 0 Å². The van der Waals surface area contributed by atoms with Crippen LogP contribution in [0.5, 0.6) is 0 Å². The van der Waals surface area contributed by atoms with Gasteiger partial charge in [-0.3, -0.25) is 0 Å². The van der Waals surface area contributed by atoms with Crippen LogP contribution in [-0.2, 0) is 6.42 Å². The minimum absolute atomic E-state index is 0.335. The van der Waals surface area contributed by atoms with Crippen LogP contribution in [0.1, 0.15) is 21.5 Å². The number of aryl methyl sites for hydroxylation is 1. The number of halogens is 2. The Morgan fingerprint density at radius 2 is 1.88 bits per heavy atom. The first-order chi connectivity index (χ1) is 8.16. The van der Waals surface area contributed by atoms with E-state index in [1.54, 1.807) is 0 Å². The van der Waals surface area contributed by atoms with Crippen LogP contribution in [0, 0.1) is 6.92 Å². The minimum atomic E-state index is 0.335. The second-order valence-corrected chi connectivity index (χ2v) is 5.70. The normalized spacial score (nSPS) is 12.4. The number of hydrogen-bond donors (Lipinski definition) is 0. The lowest BCUT2D eigenvalue weighted by Gasteiger charge is -2.13. The Balaban J connectivity index is 2.17. The molecule has 1 unspecified atom stereocenters. The number of alkyl halides is 1. The molecular formula is C15H14BrCl. The van der Waals surface area contributed by atoms with Crippen molar-refractivity contribution in [3.8, 4) is 0 Å². The first-order valence-corrected chi connectivity index (χ1v) is 6.90. The van der Waals surface area contributed by atoms with E-state index in [-0.39, 0.29) is 0 Å². The molecule has 0 radical (unpaired) electrons. The summed E-state index contributed by atoms with van der Waals surface area (Å²) in [5, 5.41) is 0.798. The van der Waals surface area contributed by atoms with Crippen molar-refractivity contribution in [3.05, 3.63) is 70.2 Å². The molecule has 17 heavy (non-hydrogen) atoms. The average molecular weight is 310 g/mol. The molecule has 0 fully saturated rings. The summed E-state index contributed by atoms with van der Waals surface area (Å²) in [5.41, 5.74) is 3.91. The molecule has 2 rings (SSSR count). The average Bonchev–Trinajstić information content (AvgIpc) is 2.29. The Bertz CT molecular complexity index is 508. The fourth-order valence-electron chi connectivity index (χ4n) is 1.92. The molecule has 0 aliphatic rings. The lowest BCUT2D eigenvalue weighted by atomic mass is 10.0. The highest BCUT2D eigenvalue weighted by atomic mass is 79.9. The van der Waals surface area contributed by atoms with E-state index in [0.29, 0.717) is 4.83 Å². The third kappa shape index (κ3) is 3.34. The van der Waals surface area contributed by atoms with E-state index in [1.807, 2.05) is 18.2 Å². The summed E-state index contributed by atoms with van der Waals surface area (Å²) in [6, 6.07) is 16.5. The van der Waals surface area contributed by atoms with Crippen LogP contribution in [0.3, 0.4) is 0 Å². The van der Waals surface area contributed by atoms with E-state index in [2.05, 4.69) is 53.2 Å². The Kier molecular flexibility index (Phi) is 4.25. The van der Waals surface area contributed by atoms with Crippen molar-refractivity contribution < 1.29 is 0 Å². The molecule has 88 valence electrons. The summed E-state index contributed by atoms with van der Waals surface area (Å²) in [6.45, 7) is 2.14. The van der Waals surface area contributed by atoms with Crippen molar-refractivity contribution in [3.63, 3.8) is 0 Å². The van der Waals surface area contributed by atoms with Crippen LogP contribution in [0.2, 0.25) is 5.02 Å². The van der Waals surface area contributed by atoms with Gasteiger partial charge in [0.15, 0.2) is 0 Å². The SMILES string of the molecule is Cc1ccccc1C(Br)Cc1cccc(Cl)c1. The van der Waals surface area contributed by atoms with Gasteiger partial charge in [0, 0.05) is 9.85 Å². The van der Waals surface area contributed by atoms with Crippen molar-refractivity contribution in [1.29, 1.82) is 0 Å². The van der Waals surface area contributed by atoms with Gasteiger partial charge in [-0.1, -0.05) is 63.9 Å². The number of hydrogen-bond acceptors (Lipinski definition) is 0. The van der Waals surface area contributed by atoms with Crippen molar-refractivity contribution in [2.75, 3.05) is 0 Å². The van der Waals surface area contributed by atoms with Gasteiger partial charge < -0.3 is 0 Å². The van der Waals surface area contributed by atoms with Gasteiger partial charge in [-0.25, -0.2) is 0 Å². The largest absolute Gasteiger partial charge is 0.0843 e. The molecular weight excluding hydrogens is 296 g/mol. The Morgan fingerprint density at radius 3 is 2.59 bits per heavy atom. The fourth-order valence-corrected chi connectivity index (χ4v) is 3.02. The summed E-state index contributed by atoms with van der Waals surface area (Å²) >= 11 is 9.75. The van der Waals surface area contributed by atoms with Crippen molar-refractivity contribution in [1.82, 2.24) is 0 Å². The molecule has 0 aliphatic heterocycles. The lowest BCUT2D eigenvalue weighted by Crippen LogP contribution is -1.97.